The van der Waals surface area contributed by atoms with Gasteiger partial charge in [0.25, 0.3) is 0 Å². The monoisotopic (exact) mass is 241 g/mol. The van der Waals surface area contributed by atoms with Crippen LogP contribution in [0.3, 0.4) is 0 Å². The second kappa shape index (κ2) is 3.87. The van der Waals surface area contributed by atoms with Crippen molar-refractivity contribution in [2.45, 2.75) is 20.0 Å². The van der Waals surface area contributed by atoms with E-state index in [2.05, 4.69) is 10.1 Å². The molecule has 2 aromatic heterocycles. The van der Waals surface area contributed by atoms with Gasteiger partial charge in [-0.15, -0.1) is 0 Å². The van der Waals surface area contributed by atoms with Crippen molar-refractivity contribution in [3.63, 3.8) is 0 Å². The van der Waals surface area contributed by atoms with Gasteiger partial charge in [-0.25, -0.2) is 4.68 Å². The number of hydrogen-bond donors (Lipinski definition) is 0. The minimum atomic E-state index is -4.42. The van der Waals surface area contributed by atoms with Gasteiger partial charge in [0.05, 0.1) is 11.9 Å². The first-order valence-corrected chi connectivity index (χ1v) is 4.93. The Morgan fingerprint density at radius 1 is 1.18 bits per heavy atom. The molecule has 90 valence electrons. The maximum Gasteiger partial charge on any atom is 0.435 e. The van der Waals surface area contributed by atoms with Crippen LogP contribution >= 0.6 is 0 Å². The van der Waals surface area contributed by atoms with Gasteiger partial charge in [0.2, 0.25) is 0 Å². The maximum absolute atomic E-state index is 12.6. The van der Waals surface area contributed by atoms with E-state index in [1.807, 2.05) is 6.92 Å². The number of rotatable bonds is 1. The standard InChI is InChI=1S/C11H10F3N3/c1-7-3-9(5-15-4-7)17-6-8(2)10(16-17)11(12,13)14/h3-6H,1-2H3. The Morgan fingerprint density at radius 2 is 1.88 bits per heavy atom. The van der Waals surface area contributed by atoms with Gasteiger partial charge in [-0.2, -0.15) is 18.3 Å². The third-order valence-corrected chi connectivity index (χ3v) is 2.29. The fourth-order valence-corrected chi connectivity index (χ4v) is 1.54. The predicted molar refractivity (Wildman–Crippen MR) is 55.8 cm³/mol. The van der Waals surface area contributed by atoms with Crippen LogP contribution < -0.4 is 0 Å². The van der Waals surface area contributed by atoms with Crippen LogP contribution in [0.25, 0.3) is 5.69 Å². The molecule has 0 aliphatic carbocycles. The molecule has 0 radical (unpaired) electrons. The van der Waals surface area contributed by atoms with Crippen molar-refractivity contribution >= 4 is 0 Å². The van der Waals surface area contributed by atoms with Crippen LogP contribution in [0.5, 0.6) is 0 Å². The minimum Gasteiger partial charge on any atom is -0.262 e. The molecule has 0 unspecified atom stereocenters. The molecule has 0 saturated carbocycles. The first kappa shape index (κ1) is 11.6. The molecular weight excluding hydrogens is 231 g/mol. The van der Waals surface area contributed by atoms with Crippen LogP contribution in [0.4, 0.5) is 13.2 Å². The zero-order valence-electron chi connectivity index (χ0n) is 9.28. The number of aromatic nitrogens is 3. The largest absolute Gasteiger partial charge is 0.435 e. The SMILES string of the molecule is Cc1cncc(-n2cc(C)c(C(F)(F)F)n2)c1. The Hall–Kier alpha value is -1.85. The molecule has 0 aliphatic rings. The number of halogens is 3. The van der Waals surface area contributed by atoms with Crippen molar-refractivity contribution in [1.82, 2.24) is 14.8 Å². The number of nitrogens with zero attached hydrogens (tertiary/aromatic N) is 3. The van der Waals surface area contributed by atoms with Crippen LogP contribution in [-0.4, -0.2) is 14.8 Å². The van der Waals surface area contributed by atoms with E-state index in [1.54, 1.807) is 12.3 Å². The zero-order valence-corrected chi connectivity index (χ0v) is 9.28. The number of aryl methyl sites for hydroxylation is 2. The number of hydrogen-bond acceptors (Lipinski definition) is 2. The second-order valence-electron chi connectivity index (χ2n) is 3.82. The third kappa shape index (κ3) is 2.30. The molecular formula is C11H10F3N3. The van der Waals surface area contributed by atoms with Crippen molar-refractivity contribution in [3.8, 4) is 5.69 Å². The van der Waals surface area contributed by atoms with Crippen LogP contribution in [0, 0.1) is 13.8 Å². The molecule has 0 fully saturated rings. The van der Waals surface area contributed by atoms with Crippen LogP contribution in [0.2, 0.25) is 0 Å². The van der Waals surface area contributed by atoms with E-state index in [4.69, 9.17) is 0 Å². The van der Waals surface area contributed by atoms with Gasteiger partial charge in [-0.1, -0.05) is 0 Å². The van der Waals surface area contributed by atoms with Gasteiger partial charge in [-0.05, 0) is 31.0 Å². The van der Waals surface area contributed by atoms with E-state index in [0.29, 0.717) is 5.69 Å². The highest BCUT2D eigenvalue weighted by Crippen LogP contribution is 2.30. The first-order chi connectivity index (χ1) is 7.88. The molecule has 0 atom stereocenters. The van der Waals surface area contributed by atoms with Gasteiger partial charge in [0, 0.05) is 12.4 Å². The smallest absolute Gasteiger partial charge is 0.262 e. The number of alkyl halides is 3. The highest BCUT2D eigenvalue weighted by atomic mass is 19.4. The lowest BCUT2D eigenvalue weighted by molar-refractivity contribution is -0.141. The highest BCUT2D eigenvalue weighted by Gasteiger charge is 2.36. The fraction of sp³-hybridized carbons (Fsp3) is 0.273. The lowest BCUT2D eigenvalue weighted by atomic mass is 10.3. The Balaban J connectivity index is 2.49. The molecule has 2 aromatic rings. The Morgan fingerprint density at radius 3 is 2.41 bits per heavy atom. The van der Waals surface area contributed by atoms with Gasteiger partial charge >= 0.3 is 6.18 Å². The zero-order chi connectivity index (χ0) is 12.6. The lowest BCUT2D eigenvalue weighted by Gasteiger charge is -2.03. The van der Waals surface area contributed by atoms with Gasteiger partial charge < -0.3 is 0 Å². The average Bonchev–Trinajstić information content (AvgIpc) is 2.60. The van der Waals surface area contributed by atoms with Crippen molar-refractivity contribution < 1.29 is 13.2 Å². The Kier molecular flexibility index (Phi) is 2.65. The second-order valence-corrected chi connectivity index (χ2v) is 3.82. The number of pyridine rings is 1. The van der Waals surface area contributed by atoms with Crippen molar-refractivity contribution in [1.29, 1.82) is 0 Å². The van der Waals surface area contributed by atoms with Crippen molar-refractivity contribution in [2.75, 3.05) is 0 Å². The molecule has 0 saturated heterocycles. The summed E-state index contributed by atoms with van der Waals surface area (Å²) in [4.78, 5) is 3.92. The summed E-state index contributed by atoms with van der Waals surface area (Å²) in [5, 5.41) is 3.54. The summed E-state index contributed by atoms with van der Waals surface area (Å²) in [6.45, 7) is 3.20. The van der Waals surface area contributed by atoms with E-state index in [9.17, 15) is 13.2 Å². The normalized spacial score (nSPS) is 11.8. The summed E-state index contributed by atoms with van der Waals surface area (Å²) in [7, 11) is 0. The molecule has 17 heavy (non-hydrogen) atoms. The third-order valence-electron chi connectivity index (χ3n) is 2.29. The molecule has 0 spiro atoms. The summed E-state index contributed by atoms with van der Waals surface area (Å²) in [6, 6.07) is 1.72. The Labute approximate surface area is 95.9 Å². The van der Waals surface area contributed by atoms with E-state index in [-0.39, 0.29) is 5.56 Å². The van der Waals surface area contributed by atoms with Gasteiger partial charge in [0.1, 0.15) is 0 Å². The van der Waals surface area contributed by atoms with Gasteiger partial charge in [0.15, 0.2) is 5.69 Å². The molecule has 0 N–H and O–H groups in total. The highest BCUT2D eigenvalue weighted by molar-refractivity contribution is 5.33. The molecule has 0 aromatic carbocycles. The van der Waals surface area contributed by atoms with E-state index >= 15 is 0 Å². The fourth-order valence-electron chi connectivity index (χ4n) is 1.54. The molecule has 6 heteroatoms. The molecule has 3 nitrogen and oxygen atoms in total. The van der Waals surface area contributed by atoms with Gasteiger partial charge in [-0.3, -0.25) is 4.98 Å². The van der Waals surface area contributed by atoms with E-state index < -0.39 is 11.9 Å². The summed E-state index contributed by atoms with van der Waals surface area (Å²) in [5.41, 5.74) is 0.617. The van der Waals surface area contributed by atoms with E-state index in [1.165, 1.54) is 24.0 Å². The molecule has 0 aliphatic heterocycles. The Bertz CT molecular complexity index is 543. The average molecular weight is 241 g/mol. The predicted octanol–water partition coefficient (Wildman–Crippen LogP) is 2.90. The molecule has 0 amide bonds. The van der Waals surface area contributed by atoms with Crippen LogP contribution in [0.15, 0.2) is 24.7 Å². The quantitative estimate of drug-likeness (QED) is 0.768. The molecule has 2 heterocycles. The lowest BCUT2D eigenvalue weighted by Crippen LogP contribution is -2.08. The summed E-state index contributed by atoms with van der Waals surface area (Å²) in [5.74, 6) is 0. The van der Waals surface area contributed by atoms with E-state index in [0.717, 1.165) is 5.56 Å². The minimum absolute atomic E-state index is 0.0963. The molecule has 2 rings (SSSR count). The summed E-state index contributed by atoms with van der Waals surface area (Å²) in [6.07, 6.45) is 0.0238. The van der Waals surface area contributed by atoms with Crippen LogP contribution in [-0.2, 0) is 6.18 Å². The first-order valence-electron chi connectivity index (χ1n) is 4.93. The van der Waals surface area contributed by atoms with Crippen molar-refractivity contribution in [3.05, 3.63) is 41.5 Å². The topological polar surface area (TPSA) is 30.7 Å². The maximum atomic E-state index is 12.6. The van der Waals surface area contributed by atoms with Crippen molar-refractivity contribution in [2.24, 2.45) is 0 Å². The van der Waals surface area contributed by atoms with Crippen LogP contribution in [0.1, 0.15) is 16.8 Å². The summed E-state index contributed by atoms with van der Waals surface area (Å²) < 4.78 is 38.9. The molecule has 0 bridgehead atoms. The summed E-state index contributed by atoms with van der Waals surface area (Å²) >= 11 is 0.